The van der Waals surface area contributed by atoms with E-state index in [-0.39, 0.29) is 6.10 Å². The van der Waals surface area contributed by atoms with Crippen LogP contribution in [0.4, 0.5) is 0 Å². The average molecular weight is 298 g/mol. The summed E-state index contributed by atoms with van der Waals surface area (Å²) in [6, 6.07) is 16.2. The highest BCUT2D eigenvalue weighted by molar-refractivity contribution is 5.42. The summed E-state index contributed by atoms with van der Waals surface area (Å²) in [5.41, 5.74) is 3.43. The molecule has 3 nitrogen and oxygen atoms in total. The van der Waals surface area contributed by atoms with Crippen molar-refractivity contribution in [1.29, 1.82) is 0 Å². The third-order valence-electron chi connectivity index (χ3n) is 4.32. The molecule has 0 spiro atoms. The quantitative estimate of drug-likeness (QED) is 0.824. The highest BCUT2D eigenvalue weighted by atomic mass is 16.5. The van der Waals surface area contributed by atoms with Crippen LogP contribution in [0.15, 0.2) is 48.5 Å². The summed E-state index contributed by atoms with van der Waals surface area (Å²) in [6.45, 7) is 1.35. The molecule has 1 aliphatic carbocycles. The molecule has 2 atom stereocenters. The van der Waals surface area contributed by atoms with Crippen molar-refractivity contribution >= 4 is 0 Å². The number of fused-ring (bicyclic) bond motifs is 1. The molecule has 0 radical (unpaired) electrons. The van der Waals surface area contributed by atoms with Crippen molar-refractivity contribution in [2.45, 2.75) is 31.5 Å². The van der Waals surface area contributed by atoms with Crippen molar-refractivity contribution in [1.82, 2.24) is 0 Å². The van der Waals surface area contributed by atoms with Crippen LogP contribution in [0.1, 0.15) is 41.6 Å². The molecular weight excluding hydrogens is 276 g/mol. The lowest BCUT2D eigenvalue weighted by molar-refractivity contribution is 0.108. The lowest BCUT2D eigenvalue weighted by Crippen LogP contribution is -2.02. The van der Waals surface area contributed by atoms with Crippen molar-refractivity contribution in [3.05, 3.63) is 65.2 Å². The van der Waals surface area contributed by atoms with Gasteiger partial charge in [-0.2, -0.15) is 0 Å². The molecule has 116 valence electrons. The fourth-order valence-corrected chi connectivity index (χ4v) is 3.13. The lowest BCUT2D eigenvalue weighted by Gasteiger charge is -2.12. The molecule has 0 aliphatic heterocycles. The molecule has 3 heteroatoms. The predicted octanol–water partition coefficient (Wildman–Crippen LogP) is 3.82. The Bertz CT molecular complexity index is 609. The molecule has 0 saturated carbocycles. The van der Waals surface area contributed by atoms with Gasteiger partial charge in [0.05, 0.1) is 19.8 Å². The zero-order valence-corrected chi connectivity index (χ0v) is 12.9. The Balaban J connectivity index is 1.54. The molecule has 0 amide bonds. The van der Waals surface area contributed by atoms with Crippen LogP contribution in [0.25, 0.3) is 0 Å². The second kappa shape index (κ2) is 6.95. The normalized spacial score (nSPS) is 19.9. The molecule has 3 rings (SSSR count). The van der Waals surface area contributed by atoms with E-state index in [1.807, 2.05) is 30.3 Å². The molecule has 0 aromatic heterocycles. The summed E-state index contributed by atoms with van der Waals surface area (Å²) in [7, 11) is 1.65. The number of ether oxygens (including phenoxy) is 2. The van der Waals surface area contributed by atoms with Crippen LogP contribution in [0, 0.1) is 0 Å². The molecular formula is C19H22O3. The molecule has 0 fully saturated rings. The molecule has 0 bridgehead atoms. The van der Waals surface area contributed by atoms with Gasteiger partial charge in [-0.05, 0) is 47.6 Å². The maximum Gasteiger partial charge on any atom is 0.119 e. The Hall–Kier alpha value is -1.84. The second-order valence-electron chi connectivity index (χ2n) is 5.77. The summed E-state index contributed by atoms with van der Waals surface area (Å²) in [6.07, 6.45) is 1.32. The SMILES string of the molecule is COc1ccc2c(c1)C(O)CC2CCOCc1ccccc1. The van der Waals surface area contributed by atoms with Crippen molar-refractivity contribution in [2.75, 3.05) is 13.7 Å². The van der Waals surface area contributed by atoms with Crippen molar-refractivity contribution in [3.63, 3.8) is 0 Å². The molecule has 1 N–H and O–H groups in total. The van der Waals surface area contributed by atoms with E-state index in [1.165, 1.54) is 11.1 Å². The van der Waals surface area contributed by atoms with Gasteiger partial charge in [0.2, 0.25) is 0 Å². The van der Waals surface area contributed by atoms with E-state index in [0.717, 1.165) is 24.2 Å². The molecule has 0 saturated heterocycles. The van der Waals surface area contributed by atoms with Crippen LogP contribution >= 0.6 is 0 Å². The fraction of sp³-hybridized carbons (Fsp3) is 0.368. The minimum atomic E-state index is -0.385. The summed E-state index contributed by atoms with van der Waals surface area (Å²) in [5.74, 6) is 1.17. The highest BCUT2D eigenvalue weighted by Crippen LogP contribution is 2.43. The smallest absolute Gasteiger partial charge is 0.119 e. The number of methoxy groups -OCH3 is 1. The number of benzene rings is 2. The first-order valence-electron chi connectivity index (χ1n) is 7.75. The van der Waals surface area contributed by atoms with Gasteiger partial charge in [0.25, 0.3) is 0 Å². The Labute approximate surface area is 131 Å². The first-order chi connectivity index (χ1) is 10.8. The topological polar surface area (TPSA) is 38.7 Å². The number of rotatable bonds is 6. The van der Waals surface area contributed by atoms with Gasteiger partial charge < -0.3 is 14.6 Å². The monoisotopic (exact) mass is 298 g/mol. The van der Waals surface area contributed by atoms with Crippen molar-refractivity contribution < 1.29 is 14.6 Å². The van der Waals surface area contributed by atoms with Gasteiger partial charge in [0, 0.05) is 6.61 Å². The molecule has 2 aromatic carbocycles. The van der Waals surface area contributed by atoms with E-state index >= 15 is 0 Å². The number of aliphatic hydroxyl groups is 1. The standard InChI is InChI=1S/C19H22O3/c1-21-16-7-8-17-15(11-19(20)18(17)12-16)9-10-22-13-14-5-3-2-4-6-14/h2-8,12,15,19-20H,9-11,13H2,1H3. The van der Waals surface area contributed by atoms with E-state index < -0.39 is 0 Å². The van der Waals surface area contributed by atoms with E-state index in [0.29, 0.717) is 19.1 Å². The van der Waals surface area contributed by atoms with Gasteiger partial charge in [0.1, 0.15) is 5.75 Å². The second-order valence-corrected chi connectivity index (χ2v) is 5.77. The fourth-order valence-electron chi connectivity index (χ4n) is 3.13. The zero-order chi connectivity index (χ0) is 15.4. The first-order valence-corrected chi connectivity index (χ1v) is 7.75. The zero-order valence-electron chi connectivity index (χ0n) is 12.9. The predicted molar refractivity (Wildman–Crippen MR) is 86.0 cm³/mol. The van der Waals surface area contributed by atoms with Crippen LogP contribution in [0.5, 0.6) is 5.75 Å². The number of aliphatic hydroxyl groups excluding tert-OH is 1. The molecule has 2 unspecified atom stereocenters. The van der Waals surface area contributed by atoms with Crippen LogP contribution in [-0.2, 0) is 11.3 Å². The first kappa shape index (κ1) is 15.1. The van der Waals surface area contributed by atoms with Gasteiger partial charge in [-0.15, -0.1) is 0 Å². The van der Waals surface area contributed by atoms with Gasteiger partial charge >= 0.3 is 0 Å². The van der Waals surface area contributed by atoms with Crippen LogP contribution in [0.3, 0.4) is 0 Å². The third kappa shape index (κ3) is 3.32. The highest BCUT2D eigenvalue weighted by Gasteiger charge is 2.29. The molecule has 22 heavy (non-hydrogen) atoms. The summed E-state index contributed by atoms with van der Waals surface area (Å²) in [4.78, 5) is 0. The average Bonchev–Trinajstić information content (AvgIpc) is 2.88. The summed E-state index contributed by atoms with van der Waals surface area (Å²) >= 11 is 0. The van der Waals surface area contributed by atoms with Gasteiger partial charge in [-0.1, -0.05) is 36.4 Å². The Morgan fingerprint density at radius 1 is 1.09 bits per heavy atom. The summed E-state index contributed by atoms with van der Waals surface area (Å²) in [5, 5.41) is 10.2. The van der Waals surface area contributed by atoms with Gasteiger partial charge in [0.15, 0.2) is 0 Å². The van der Waals surface area contributed by atoms with E-state index in [1.54, 1.807) is 7.11 Å². The minimum Gasteiger partial charge on any atom is -0.497 e. The van der Waals surface area contributed by atoms with Crippen LogP contribution in [0.2, 0.25) is 0 Å². The Kier molecular flexibility index (Phi) is 4.76. The van der Waals surface area contributed by atoms with E-state index in [2.05, 4.69) is 18.2 Å². The van der Waals surface area contributed by atoms with E-state index in [9.17, 15) is 5.11 Å². The number of hydrogen-bond acceptors (Lipinski definition) is 3. The molecule has 1 aliphatic rings. The maximum atomic E-state index is 10.2. The molecule has 0 heterocycles. The van der Waals surface area contributed by atoms with Crippen LogP contribution in [-0.4, -0.2) is 18.8 Å². The number of hydrogen-bond donors (Lipinski definition) is 1. The van der Waals surface area contributed by atoms with Gasteiger partial charge in [-0.25, -0.2) is 0 Å². The maximum absolute atomic E-state index is 10.2. The van der Waals surface area contributed by atoms with E-state index in [4.69, 9.17) is 9.47 Å². The minimum absolute atomic E-state index is 0.367. The summed E-state index contributed by atoms with van der Waals surface area (Å²) < 4.78 is 11.0. The third-order valence-corrected chi connectivity index (χ3v) is 4.32. The Morgan fingerprint density at radius 2 is 1.91 bits per heavy atom. The largest absolute Gasteiger partial charge is 0.497 e. The van der Waals surface area contributed by atoms with Crippen LogP contribution < -0.4 is 4.74 Å². The van der Waals surface area contributed by atoms with Crippen molar-refractivity contribution in [2.24, 2.45) is 0 Å². The lowest BCUT2D eigenvalue weighted by atomic mass is 9.98. The van der Waals surface area contributed by atoms with Crippen molar-refractivity contribution in [3.8, 4) is 5.75 Å². The van der Waals surface area contributed by atoms with Gasteiger partial charge in [-0.3, -0.25) is 0 Å². The molecule has 2 aromatic rings. The Morgan fingerprint density at radius 3 is 2.68 bits per heavy atom.